The summed E-state index contributed by atoms with van der Waals surface area (Å²) in [5.74, 6) is -0.245. The van der Waals surface area contributed by atoms with Gasteiger partial charge in [-0.3, -0.25) is 14.2 Å². The summed E-state index contributed by atoms with van der Waals surface area (Å²) in [6.07, 6.45) is 0.624. The molecule has 1 aromatic heterocycles. The monoisotopic (exact) mass is 366 g/mol. The molecule has 2 heterocycles. The van der Waals surface area contributed by atoms with Gasteiger partial charge in [-0.2, -0.15) is 0 Å². The fraction of sp³-hybridized carbons (Fsp3) is 0.250. The zero-order chi connectivity index (χ0) is 18.3. The molecule has 1 fully saturated rings. The molecule has 1 saturated heterocycles. The van der Waals surface area contributed by atoms with Crippen LogP contribution in [0.25, 0.3) is 16.6 Å². The van der Waals surface area contributed by atoms with E-state index in [1.54, 1.807) is 10.6 Å². The molecule has 6 heteroatoms. The molecular formula is C20H18N2O3S. The second-order valence-corrected chi connectivity index (χ2v) is 7.50. The minimum atomic E-state index is -0.334. The minimum Gasteiger partial charge on any atom is -0.465 e. The SMILES string of the molecule is Cc1cccc(-n2c(S[C@@H]3CCOC3=O)nc3ccccc3c2=O)c1C. The lowest BCUT2D eigenvalue weighted by molar-refractivity contribution is -0.137. The van der Waals surface area contributed by atoms with Crippen LogP contribution in [-0.2, 0) is 9.53 Å². The molecule has 0 amide bonds. The maximum atomic E-state index is 13.3. The van der Waals surface area contributed by atoms with Crippen LogP contribution in [0, 0.1) is 13.8 Å². The fourth-order valence-electron chi connectivity index (χ4n) is 3.09. The summed E-state index contributed by atoms with van der Waals surface area (Å²) in [5, 5.41) is 0.748. The van der Waals surface area contributed by atoms with Crippen LogP contribution in [0.5, 0.6) is 0 Å². The van der Waals surface area contributed by atoms with E-state index in [1.165, 1.54) is 11.8 Å². The van der Waals surface area contributed by atoms with Crippen molar-refractivity contribution in [3.05, 3.63) is 63.9 Å². The molecule has 2 aromatic carbocycles. The van der Waals surface area contributed by atoms with Crippen molar-refractivity contribution in [2.24, 2.45) is 0 Å². The lowest BCUT2D eigenvalue weighted by Crippen LogP contribution is -2.24. The fourth-order valence-corrected chi connectivity index (χ4v) is 4.16. The van der Waals surface area contributed by atoms with E-state index in [9.17, 15) is 9.59 Å². The lowest BCUT2D eigenvalue weighted by Gasteiger charge is -2.17. The number of benzene rings is 2. The summed E-state index contributed by atoms with van der Waals surface area (Å²) in [6, 6.07) is 13.1. The van der Waals surface area contributed by atoms with E-state index in [2.05, 4.69) is 0 Å². The third-order valence-corrected chi connectivity index (χ3v) is 5.89. The number of carbonyl (C=O) groups is 1. The zero-order valence-corrected chi connectivity index (χ0v) is 15.4. The van der Waals surface area contributed by atoms with Crippen LogP contribution in [0.15, 0.2) is 52.4 Å². The molecule has 0 saturated carbocycles. The second-order valence-electron chi connectivity index (χ2n) is 6.33. The minimum absolute atomic E-state index is 0.127. The van der Waals surface area contributed by atoms with E-state index in [0.717, 1.165) is 16.8 Å². The highest BCUT2D eigenvalue weighted by Crippen LogP contribution is 2.31. The van der Waals surface area contributed by atoms with Gasteiger partial charge in [-0.25, -0.2) is 4.98 Å². The van der Waals surface area contributed by atoms with Crippen LogP contribution >= 0.6 is 11.8 Å². The largest absolute Gasteiger partial charge is 0.465 e. The van der Waals surface area contributed by atoms with Gasteiger partial charge in [-0.1, -0.05) is 36.0 Å². The number of ether oxygens (including phenoxy) is 1. The molecule has 1 aliphatic rings. The first-order valence-corrected chi connectivity index (χ1v) is 9.36. The number of aryl methyl sites for hydroxylation is 1. The van der Waals surface area contributed by atoms with Crippen molar-refractivity contribution >= 4 is 28.6 Å². The van der Waals surface area contributed by atoms with Gasteiger partial charge in [0.15, 0.2) is 5.16 Å². The van der Waals surface area contributed by atoms with Gasteiger partial charge in [0.25, 0.3) is 5.56 Å². The molecule has 5 nitrogen and oxygen atoms in total. The Balaban J connectivity index is 1.98. The third kappa shape index (κ3) is 2.80. The molecule has 0 radical (unpaired) electrons. The van der Waals surface area contributed by atoms with Crippen molar-refractivity contribution in [1.82, 2.24) is 9.55 Å². The Bertz CT molecular complexity index is 1070. The number of esters is 1. The Hall–Kier alpha value is -2.60. The number of hydrogen-bond acceptors (Lipinski definition) is 5. The molecular weight excluding hydrogens is 348 g/mol. The van der Waals surface area contributed by atoms with Gasteiger partial charge in [-0.05, 0) is 43.2 Å². The highest BCUT2D eigenvalue weighted by molar-refractivity contribution is 8.00. The van der Waals surface area contributed by atoms with Crippen molar-refractivity contribution in [2.75, 3.05) is 6.61 Å². The predicted octanol–water partition coefficient (Wildman–Crippen LogP) is 3.41. The Morgan fingerprint density at radius 2 is 1.92 bits per heavy atom. The van der Waals surface area contributed by atoms with E-state index in [0.29, 0.717) is 29.1 Å². The van der Waals surface area contributed by atoms with Gasteiger partial charge in [0, 0.05) is 6.42 Å². The molecule has 1 aliphatic heterocycles. The molecule has 132 valence electrons. The van der Waals surface area contributed by atoms with Crippen molar-refractivity contribution < 1.29 is 9.53 Å². The molecule has 4 rings (SSSR count). The second kappa shape index (κ2) is 6.61. The molecule has 0 unspecified atom stereocenters. The number of hydrogen-bond donors (Lipinski definition) is 0. The number of para-hydroxylation sites is 1. The summed E-state index contributed by atoms with van der Waals surface area (Å²) in [4.78, 5) is 29.9. The summed E-state index contributed by atoms with van der Waals surface area (Å²) in [5.41, 5.74) is 3.41. The van der Waals surface area contributed by atoms with E-state index >= 15 is 0 Å². The summed E-state index contributed by atoms with van der Waals surface area (Å²) < 4.78 is 6.69. The van der Waals surface area contributed by atoms with E-state index < -0.39 is 0 Å². The Labute approximate surface area is 155 Å². The van der Waals surface area contributed by atoms with E-state index in [-0.39, 0.29) is 16.8 Å². The number of carbonyl (C=O) groups excluding carboxylic acids is 1. The quantitative estimate of drug-likeness (QED) is 0.525. The maximum absolute atomic E-state index is 13.3. The molecule has 3 aromatic rings. The number of cyclic esters (lactones) is 1. The first-order chi connectivity index (χ1) is 12.6. The molecule has 0 aliphatic carbocycles. The molecule has 1 atom stereocenters. The predicted molar refractivity (Wildman–Crippen MR) is 102 cm³/mol. The molecule has 26 heavy (non-hydrogen) atoms. The van der Waals surface area contributed by atoms with E-state index in [1.807, 2.05) is 50.2 Å². The normalized spacial score (nSPS) is 16.8. The smallest absolute Gasteiger partial charge is 0.319 e. The van der Waals surface area contributed by atoms with Crippen LogP contribution in [0.2, 0.25) is 0 Å². The Kier molecular flexibility index (Phi) is 4.28. The van der Waals surface area contributed by atoms with Crippen LogP contribution in [0.4, 0.5) is 0 Å². The first kappa shape index (κ1) is 16.8. The third-order valence-electron chi connectivity index (χ3n) is 4.70. The standard InChI is InChI=1S/C20H18N2O3S/c1-12-6-5-9-16(13(12)2)22-18(23)14-7-3-4-8-15(14)21-20(22)26-17-10-11-25-19(17)24/h3-9,17H,10-11H2,1-2H3/t17-/m1/s1. The van der Waals surface area contributed by atoms with E-state index in [4.69, 9.17) is 9.72 Å². The number of thioether (sulfide) groups is 1. The number of aromatic nitrogens is 2. The van der Waals surface area contributed by atoms with Gasteiger partial charge in [0.1, 0.15) is 5.25 Å². The van der Waals surface area contributed by atoms with Crippen LogP contribution in [-0.4, -0.2) is 27.4 Å². The van der Waals surface area contributed by atoms with Crippen molar-refractivity contribution in [3.8, 4) is 5.69 Å². The number of nitrogens with zero attached hydrogens (tertiary/aromatic N) is 2. The Morgan fingerprint density at radius 3 is 2.69 bits per heavy atom. The average Bonchev–Trinajstić information content (AvgIpc) is 3.03. The van der Waals surface area contributed by atoms with Gasteiger partial charge in [0.2, 0.25) is 0 Å². The average molecular weight is 366 g/mol. The summed E-state index contributed by atoms with van der Waals surface area (Å²) >= 11 is 1.30. The Morgan fingerprint density at radius 1 is 1.12 bits per heavy atom. The van der Waals surface area contributed by atoms with Crippen LogP contribution in [0.3, 0.4) is 0 Å². The first-order valence-electron chi connectivity index (χ1n) is 8.48. The summed E-state index contributed by atoms with van der Waals surface area (Å²) in [7, 11) is 0. The number of rotatable bonds is 3. The van der Waals surface area contributed by atoms with Gasteiger partial charge in [-0.15, -0.1) is 0 Å². The maximum Gasteiger partial charge on any atom is 0.319 e. The number of fused-ring (bicyclic) bond motifs is 1. The summed E-state index contributed by atoms with van der Waals surface area (Å²) in [6.45, 7) is 4.42. The van der Waals surface area contributed by atoms with Gasteiger partial charge >= 0.3 is 5.97 Å². The highest BCUT2D eigenvalue weighted by Gasteiger charge is 2.30. The molecule has 0 N–H and O–H groups in total. The topological polar surface area (TPSA) is 61.2 Å². The van der Waals surface area contributed by atoms with Gasteiger partial charge < -0.3 is 4.74 Å². The lowest BCUT2D eigenvalue weighted by atomic mass is 10.1. The molecule has 0 bridgehead atoms. The van der Waals surface area contributed by atoms with Crippen LogP contribution in [0.1, 0.15) is 17.5 Å². The van der Waals surface area contributed by atoms with Crippen molar-refractivity contribution in [1.29, 1.82) is 0 Å². The molecule has 0 spiro atoms. The van der Waals surface area contributed by atoms with Crippen LogP contribution < -0.4 is 5.56 Å². The van der Waals surface area contributed by atoms with Gasteiger partial charge in [0.05, 0.1) is 23.2 Å². The zero-order valence-electron chi connectivity index (χ0n) is 14.6. The van der Waals surface area contributed by atoms with Crippen molar-refractivity contribution in [3.63, 3.8) is 0 Å². The van der Waals surface area contributed by atoms with Crippen molar-refractivity contribution in [2.45, 2.75) is 30.7 Å². The highest BCUT2D eigenvalue weighted by atomic mass is 32.2.